The first-order valence-electron chi connectivity index (χ1n) is 9.10. The van der Waals surface area contributed by atoms with E-state index < -0.39 is 42.0 Å². The fraction of sp³-hybridized carbons (Fsp3) is 0.500. The molecule has 164 valence electrons. The highest BCUT2D eigenvalue weighted by Gasteiger charge is 2.42. The topological polar surface area (TPSA) is 61.4 Å². The smallest absolute Gasteiger partial charge is 0.352 e. The maximum atomic E-state index is 13.0. The van der Waals surface area contributed by atoms with Crippen LogP contribution in [0, 0.1) is 6.92 Å². The summed E-state index contributed by atoms with van der Waals surface area (Å²) in [4.78, 5) is 24.1. The third-order valence-electron chi connectivity index (χ3n) is 4.87. The van der Waals surface area contributed by atoms with Crippen LogP contribution in [0.3, 0.4) is 0 Å². The molecule has 1 fully saturated rings. The van der Waals surface area contributed by atoms with Crippen LogP contribution in [0.5, 0.6) is 0 Å². The van der Waals surface area contributed by atoms with Crippen LogP contribution < -0.4 is 10.2 Å². The van der Waals surface area contributed by atoms with Crippen molar-refractivity contribution in [1.29, 1.82) is 0 Å². The van der Waals surface area contributed by atoms with Crippen LogP contribution in [0.15, 0.2) is 35.7 Å². The molecule has 1 N–H and O–H groups in total. The van der Waals surface area contributed by atoms with E-state index in [4.69, 9.17) is 0 Å². The maximum absolute atomic E-state index is 13.0. The molecule has 0 spiro atoms. The van der Waals surface area contributed by atoms with E-state index in [-0.39, 0.29) is 19.2 Å². The number of hydrogen-bond donors (Lipinski definition) is 1. The Labute approximate surface area is 168 Å². The predicted octanol–water partition coefficient (Wildman–Crippen LogP) is 3.37. The normalized spacial score (nSPS) is 20.6. The van der Waals surface area contributed by atoms with Crippen molar-refractivity contribution in [3.63, 3.8) is 0 Å². The third kappa shape index (κ3) is 5.03. The van der Waals surface area contributed by atoms with Gasteiger partial charge in [-0.2, -0.15) is 26.3 Å². The number of halogens is 6. The second kappa shape index (κ2) is 8.15. The van der Waals surface area contributed by atoms with Gasteiger partial charge in [0.25, 0.3) is 0 Å². The average molecular weight is 435 g/mol. The Morgan fingerprint density at radius 1 is 1.03 bits per heavy atom. The highest BCUT2D eigenvalue weighted by atomic mass is 19.4. The first kappa shape index (κ1) is 21.9. The quantitative estimate of drug-likeness (QED) is 0.724. The molecule has 0 saturated carbocycles. The number of piperazine rings is 1. The van der Waals surface area contributed by atoms with E-state index in [1.54, 1.807) is 19.3 Å². The zero-order chi connectivity index (χ0) is 22.1. The fourth-order valence-corrected chi connectivity index (χ4v) is 3.36. The highest BCUT2D eigenvalue weighted by molar-refractivity contribution is 5.75. The highest BCUT2D eigenvalue weighted by Crippen LogP contribution is 2.38. The van der Waals surface area contributed by atoms with Crippen LogP contribution in [-0.2, 0) is 0 Å². The van der Waals surface area contributed by atoms with Gasteiger partial charge < -0.3 is 15.1 Å². The molecule has 6 nitrogen and oxygen atoms in total. The van der Waals surface area contributed by atoms with Crippen LogP contribution in [0.2, 0.25) is 0 Å². The van der Waals surface area contributed by atoms with Crippen molar-refractivity contribution < 1.29 is 31.1 Å². The molecule has 1 atom stereocenters. The molecule has 12 heteroatoms. The Balaban J connectivity index is 1.64. The minimum Gasteiger partial charge on any atom is -0.352 e. The molecule has 0 bridgehead atoms. The molecular formula is C18H19F6N5O. The van der Waals surface area contributed by atoms with Crippen molar-refractivity contribution in [2.24, 2.45) is 0 Å². The lowest BCUT2D eigenvalue weighted by atomic mass is 9.94. The second-order valence-electron chi connectivity index (χ2n) is 6.99. The molecule has 0 aromatic carbocycles. The number of aromatic nitrogens is 2. The summed E-state index contributed by atoms with van der Waals surface area (Å²) >= 11 is 0. The van der Waals surface area contributed by atoms with Gasteiger partial charge in [-0.1, -0.05) is 0 Å². The van der Waals surface area contributed by atoms with Crippen LogP contribution >= 0.6 is 0 Å². The predicted molar refractivity (Wildman–Crippen MR) is 95.8 cm³/mol. The van der Waals surface area contributed by atoms with E-state index in [1.807, 2.05) is 4.90 Å². The fourth-order valence-electron chi connectivity index (χ4n) is 3.36. The zero-order valence-electron chi connectivity index (χ0n) is 15.9. The minimum absolute atomic E-state index is 0.0880. The molecule has 1 aliphatic heterocycles. The largest absolute Gasteiger partial charge is 0.416 e. The monoisotopic (exact) mass is 435 g/mol. The molecule has 2 heterocycles. The van der Waals surface area contributed by atoms with Crippen molar-refractivity contribution in [3.8, 4) is 0 Å². The Kier molecular flexibility index (Phi) is 5.95. The standard InChI is InChI=1S/C18H19F6N5O/c1-11-15(26-3-2-25-11)28-4-6-29(7-5-28)16(30)27-14-9-12(17(19,20)21)8-13(10-14)18(22,23)24/h2-3,8-9,14H,4-7,10H2,1H3,(H,27,30). The molecule has 1 aromatic rings. The lowest BCUT2D eigenvalue weighted by Gasteiger charge is -2.36. The van der Waals surface area contributed by atoms with Crippen LogP contribution in [-0.4, -0.2) is 65.5 Å². The molecule has 3 rings (SSSR count). The first-order chi connectivity index (χ1) is 13.9. The van der Waals surface area contributed by atoms with Gasteiger partial charge in [-0.15, -0.1) is 0 Å². The zero-order valence-corrected chi connectivity index (χ0v) is 15.9. The molecule has 1 unspecified atom stereocenters. The summed E-state index contributed by atoms with van der Waals surface area (Å²) in [5.74, 6) is 0.669. The molecule has 2 amide bonds. The van der Waals surface area contributed by atoms with E-state index in [9.17, 15) is 31.1 Å². The van der Waals surface area contributed by atoms with Crippen LogP contribution in [0.25, 0.3) is 0 Å². The molecule has 1 aliphatic carbocycles. The number of amides is 2. The molecule has 2 aliphatic rings. The van der Waals surface area contributed by atoms with Crippen LogP contribution in [0.1, 0.15) is 12.1 Å². The summed E-state index contributed by atoms with van der Waals surface area (Å²) in [7, 11) is 0. The number of hydrogen-bond acceptors (Lipinski definition) is 4. The Morgan fingerprint density at radius 3 is 2.23 bits per heavy atom. The number of anilines is 1. The van der Waals surface area contributed by atoms with Crippen molar-refractivity contribution in [2.75, 3.05) is 31.1 Å². The SMILES string of the molecule is Cc1nccnc1N1CCN(C(=O)NC2C=C(C(F)(F)F)C=C(C(F)(F)F)C2)CC1. The number of urea groups is 1. The van der Waals surface area contributed by atoms with Gasteiger partial charge >= 0.3 is 18.4 Å². The summed E-state index contributed by atoms with van der Waals surface area (Å²) in [6.07, 6.45) is -6.81. The van der Waals surface area contributed by atoms with Crippen LogP contribution in [0.4, 0.5) is 37.0 Å². The number of nitrogens with zero attached hydrogens (tertiary/aromatic N) is 4. The number of carbonyl (C=O) groups excluding carboxylic acids is 1. The lowest BCUT2D eigenvalue weighted by molar-refractivity contribution is -0.0993. The number of alkyl halides is 6. The summed E-state index contributed by atoms with van der Waals surface area (Å²) in [6.45, 7) is 3.10. The van der Waals surface area contributed by atoms with E-state index >= 15 is 0 Å². The van der Waals surface area contributed by atoms with Gasteiger partial charge in [0.15, 0.2) is 0 Å². The van der Waals surface area contributed by atoms with Crippen molar-refractivity contribution >= 4 is 11.8 Å². The number of rotatable bonds is 2. The molecule has 30 heavy (non-hydrogen) atoms. The third-order valence-corrected chi connectivity index (χ3v) is 4.87. The minimum atomic E-state index is -4.94. The van der Waals surface area contributed by atoms with Crippen molar-refractivity contribution in [1.82, 2.24) is 20.2 Å². The molecule has 1 saturated heterocycles. The van der Waals surface area contributed by atoms with Crippen molar-refractivity contribution in [2.45, 2.75) is 31.7 Å². The summed E-state index contributed by atoms with van der Waals surface area (Å²) in [5.41, 5.74) is -2.03. The van der Waals surface area contributed by atoms with Gasteiger partial charge in [0.05, 0.1) is 17.3 Å². The lowest BCUT2D eigenvalue weighted by Crippen LogP contribution is -2.54. The van der Waals surface area contributed by atoms with E-state index in [2.05, 4.69) is 15.3 Å². The molecule has 1 aromatic heterocycles. The van der Waals surface area contributed by atoms with Gasteiger partial charge in [-0.3, -0.25) is 4.98 Å². The summed E-state index contributed by atoms with van der Waals surface area (Å²) < 4.78 is 78.0. The van der Waals surface area contributed by atoms with E-state index in [1.165, 1.54) is 4.90 Å². The Morgan fingerprint density at radius 2 is 1.67 bits per heavy atom. The summed E-state index contributed by atoms with van der Waals surface area (Å²) in [5, 5.41) is 2.28. The Bertz CT molecular complexity index is 855. The molecular weight excluding hydrogens is 416 g/mol. The van der Waals surface area contributed by atoms with Gasteiger partial charge in [0.2, 0.25) is 0 Å². The molecule has 0 radical (unpaired) electrons. The number of aryl methyl sites for hydroxylation is 1. The van der Waals surface area contributed by atoms with Crippen molar-refractivity contribution in [3.05, 3.63) is 41.4 Å². The Hall–Kier alpha value is -2.79. The average Bonchev–Trinajstić information content (AvgIpc) is 2.67. The maximum Gasteiger partial charge on any atom is 0.416 e. The van der Waals surface area contributed by atoms with Gasteiger partial charge in [0, 0.05) is 50.6 Å². The van der Waals surface area contributed by atoms with E-state index in [0.717, 1.165) is 0 Å². The van der Waals surface area contributed by atoms with Gasteiger partial charge in [0.1, 0.15) is 5.82 Å². The summed E-state index contributed by atoms with van der Waals surface area (Å²) in [6, 6.07) is -2.12. The first-order valence-corrected chi connectivity index (χ1v) is 9.10. The second-order valence-corrected chi connectivity index (χ2v) is 6.99. The van der Waals surface area contributed by atoms with Gasteiger partial charge in [-0.25, -0.2) is 9.78 Å². The number of allylic oxidation sites excluding steroid dienone is 2. The number of nitrogens with one attached hydrogen (secondary N) is 1. The van der Waals surface area contributed by atoms with E-state index in [0.29, 0.717) is 30.7 Å². The van der Waals surface area contributed by atoms with Gasteiger partial charge in [-0.05, 0) is 19.1 Å². The number of carbonyl (C=O) groups is 1.